The topological polar surface area (TPSA) is 57.8 Å². The summed E-state index contributed by atoms with van der Waals surface area (Å²) in [6.07, 6.45) is 3.06. The minimum absolute atomic E-state index is 0.354. The molecular weight excluding hydrogens is 258 g/mol. The van der Waals surface area contributed by atoms with Crippen LogP contribution in [0.2, 0.25) is 0 Å². The normalized spacial score (nSPS) is 9.93. The third-order valence-electron chi connectivity index (χ3n) is 1.82. The predicted molar refractivity (Wildman–Crippen MR) is 62.3 cm³/mol. The van der Waals surface area contributed by atoms with Gasteiger partial charge in [-0.15, -0.1) is 0 Å². The summed E-state index contributed by atoms with van der Waals surface area (Å²) < 4.78 is 0.955. The molecule has 2 N–H and O–H groups in total. The quantitative estimate of drug-likeness (QED) is 0.876. The number of rotatable bonds is 2. The first kappa shape index (κ1) is 9.92. The third-order valence-corrected chi connectivity index (χ3v) is 2.52. The largest absolute Gasteiger partial charge is 0.352 e. The van der Waals surface area contributed by atoms with E-state index in [1.165, 1.54) is 6.20 Å². The van der Waals surface area contributed by atoms with Gasteiger partial charge in [-0.1, -0.05) is 12.1 Å². The van der Waals surface area contributed by atoms with Gasteiger partial charge in [-0.25, -0.2) is 4.79 Å². The summed E-state index contributed by atoms with van der Waals surface area (Å²) in [4.78, 5) is 16.8. The Morgan fingerprint density at radius 2 is 2.13 bits per heavy atom. The summed E-state index contributed by atoms with van der Waals surface area (Å²) >= 11 is 3.41. The molecule has 0 saturated carbocycles. The molecule has 0 bridgehead atoms. The van der Waals surface area contributed by atoms with Crippen LogP contribution in [0.4, 0.5) is 11.4 Å². The van der Waals surface area contributed by atoms with E-state index < -0.39 is 0 Å². The summed E-state index contributed by atoms with van der Waals surface area (Å²) in [6, 6.07) is 7.71. The van der Waals surface area contributed by atoms with E-state index in [1.807, 2.05) is 24.3 Å². The highest BCUT2D eigenvalue weighted by atomic mass is 79.9. The van der Waals surface area contributed by atoms with Crippen molar-refractivity contribution < 1.29 is 0 Å². The number of nitrogens with zero attached hydrogens (tertiary/aromatic N) is 1. The molecule has 15 heavy (non-hydrogen) atoms. The molecule has 5 heteroatoms. The van der Waals surface area contributed by atoms with Crippen LogP contribution in [-0.4, -0.2) is 9.97 Å². The monoisotopic (exact) mass is 265 g/mol. The molecule has 1 aromatic carbocycles. The van der Waals surface area contributed by atoms with Crippen LogP contribution in [-0.2, 0) is 0 Å². The summed E-state index contributed by atoms with van der Waals surface area (Å²) in [5.41, 5.74) is 1.31. The predicted octanol–water partition coefficient (Wildman–Crippen LogP) is 2.28. The van der Waals surface area contributed by atoms with Crippen molar-refractivity contribution in [2.45, 2.75) is 0 Å². The average molecular weight is 266 g/mol. The lowest BCUT2D eigenvalue weighted by Gasteiger charge is -2.06. The molecule has 1 aromatic heterocycles. The van der Waals surface area contributed by atoms with Crippen LogP contribution in [0.5, 0.6) is 0 Å². The SMILES string of the molecule is O=c1ncc(Nc2ccccc2Br)c[nH]1. The van der Waals surface area contributed by atoms with Crippen LogP contribution in [0.15, 0.2) is 45.9 Å². The Balaban J connectivity index is 2.26. The van der Waals surface area contributed by atoms with E-state index in [1.54, 1.807) is 6.20 Å². The summed E-state index contributed by atoms with van der Waals surface area (Å²) in [5.74, 6) is 0. The molecule has 2 rings (SSSR count). The average Bonchev–Trinajstić information content (AvgIpc) is 2.25. The van der Waals surface area contributed by atoms with Crippen molar-refractivity contribution >= 4 is 27.3 Å². The number of nitrogens with one attached hydrogen (secondary N) is 2. The van der Waals surface area contributed by atoms with Gasteiger partial charge in [-0.05, 0) is 28.1 Å². The maximum Gasteiger partial charge on any atom is 0.345 e. The van der Waals surface area contributed by atoms with Crippen LogP contribution in [0.3, 0.4) is 0 Å². The lowest BCUT2D eigenvalue weighted by atomic mass is 10.3. The standard InChI is InChI=1S/C10H8BrN3O/c11-8-3-1-2-4-9(8)14-7-5-12-10(15)13-6-7/h1-6,14H,(H,12,13,15). The summed E-state index contributed by atoms with van der Waals surface area (Å²) in [5, 5.41) is 3.12. The van der Waals surface area contributed by atoms with Gasteiger partial charge in [0.05, 0.1) is 17.6 Å². The van der Waals surface area contributed by atoms with Gasteiger partial charge in [0.1, 0.15) is 0 Å². The highest BCUT2D eigenvalue weighted by molar-refractivity contribution is 9.10. The van der Waals surface area contributed by atoms with E-state index in [2.05, 4.69) is 31.2 Å². The number of aromatic nitrogens is 2. The second-order valence-electron chi connectivity index (χ2n) is 2.91. The molecular formula is C10H8BrN3O. The Morgan fingerprint density at radius 1 is 1.33 bits per heavy atom. The molecule has 0 unspecified atom stereocenters. The van der Waals surface area contributed by atoms with E-state index in [0.717, 1.165) is 15.8 Å². The fourth-order valence-corrected chi connectivity index (χ4v) is 1.51. The van der Waals surface area contributed by atoms with Crippen LogP contribution in [0.25, 0.3) is 0 Å². The Labute approximate surface area is 94.5 Å². The van der Waals surface area contributed by atoms with Gasteiger partial charge in [0.15, 0.2) is 0 Å². The van der Waals surface area contributed by atoms with Crippen LogP contribution >= 0.6 is 15.9 Å². The van der Waals surface area contributed by atoms with Gasteiger partial charge in [0, 0.05) is 10.7 Å². The lowest BCUT2D eigenvalue weighted by molar-refractivity contribution is 1.08. The van der Waals surface area contributed by atoms with Gasteiger partial charge in [-0.3, -0.25) is 0 Å². The van der Waals surface area contributed by atoms with E-state index in [0.29, 0.717) is 0 Å². The van der Waals surface area contributed by atoms with Crippen molar-refractivity contribution in [1.29, 1.82) is 0 Å². The molecule has 4 nitrogen and oxygen atoms in total. The molecule has 0 saturated heterocycles. The molecule has 0 fully saturated rings. The lowest BCUT2D eigenvalue weighted by Crippen LogP contribution is -2.08. The van der Waals surface area contributed by atoms with Gasteiger partial charge >= 0.3 is 5.69 Å². The molecule has 0 atom stereocenters. The smallest absolute Gasteiger partial charge is 0.345 e. The highest BCUT2D eigenvalue weighted by Crippen LogP contribution is 2.24. The summed E-state index contributed by atoms with van der Waals surface area (Å²) in [6.45, 7) is 0. The Hall–Kier alpha value is -1.62. The number of hydrogen-bond acceptors (Lipinski definition) is 3. The molecule has 0 aliphatic carbocycles. The van der Waals surface area contributed by atoms with E-state index >= 15 is 0 Å². The van der Waals surface area contributed by atoms with Crippen molar-refractivity contribution in [2.24, 2.45) is 0 Å². The number of halogens is 1. The minimum Gasteiger partial charge on any atom is -0.352 e. The molecule has 0 spiro atoms. The second kappa shape index (κ2) is 4.27. The van der Waals surface area contributed by atoms with E-state index in [9.17, 15) is 4.79 Å². The molecule has 0 aliphatic heterocycles. The zero-order chi connectivity index (χ0) is 10.7. The minimum atomic E-state index is -0.354. The molecule has 0 aliphatic rings. The van der Waals surface area contributed by atoms with Crippen molar-refractivity contribution in [3.05, 3.63) is 51.6 Å². The van der Waals surface area contributed by atoms with Crippen LogP contribution in [0, 0.1) is 0 Å². The number of aromatic amines is 1. The highest BCUT2D eigenvalue weighted by Gasteiger charge is 1.98. The molecule has 2 aromatic rings. The molecule has 76 valence electrons. The van der Waals surface area contributed by atoms with Gasteiger partial charge in [0.2, 0.25) is 0 Å². The second-order valence-corrected chi connectivity index (χ2v) is 3.77. The van der Waals surface area contributed by atoms with Gasteiger partial charge in [0.25, 0.3) is 0 Å². The number of H-pyrrole nitrogens is 1. The first-order valence-corrected chi connectivity index (χ1v) is 5.11. The molecule has 0 radical (unpaired) electrons. The van der Waals surface area contributed by atoms with Crippen molar-refractivity contribution in [3.63, 3.8) is 0 Å². The zero-order valence-corrected chi connectivity index (χ0v) is 9.28. The van der Waals surface area contributed by atoms with Crippen LogP contribution in [0.1, 0.15) is 0 Å². The van der Waals surface area contributed by atoms with Crippen molar-refractivity contribution in [2.75, 3.05) is 5.32 Å². The Kier molecular flexibility index (Phi) is 2.82. The number of benzene rings is 1. The Bertz CT molecular complexity index is 504. The van der Waals surface area contributed by atoms with Crippen LogP contribution < -0.4 is 11.0 Å². The maximum atomic E-state index is 10.7. The Morgan fingerprint density at radius 3 is 2.80 bits per heavy atom. The fraction of sp³-hybridized carbons (Fsp3) is 0. The van der Waals surface area contributed by atoms with Crippen molar-refractivity contribution in [1.82, 2.24) is 9.97 Å². The number of para-hydroxylation sites is 1. The van der Waals surface area contributed by atoms with E-state index in [4.69, 9.17) is 0 Å². The molecule has 0 amide bonds. The van der Waals surface area contributed by atoms with E-state index in [-0.39, 0.29) is 5.69 Å². The number of hydrogen-bond donors (Lipinski definition) is 2. The summed E-state index contributed by atoms with van der Waals surface area (Å²) in [7, 11) is 0. The first-order valence-electron chi connectivity index (χ1n) is 4.32. The number of anilines is 2. The molecule has 1 heterocycles. The maximum absolute atomic E-state index is 10.7. The van der Waals surface area contributed by atoms with Gasteiger partial charge < -0.3 is 10.3 Å². The van der Waals surface area contributed by atoms with Gasteiger partial charge in [-0.2, -0.15) is 4.98 Å². The van der Waals surface area contributed by atoms with Crippen molar-refractivity contribution in [3.8, 4) is 0 Å². The fourth-order valence-electron chi connectivity index (χ4n) is 1.13. The zero-order valence-electron chi connectivity index (χ0n) is 7.70. The first-order chi connectivity index (χ1) is 7.25. The third kappa shape index (κ3) is 2.44.